The molecule has 0 aliphatic heterocycles. The van der Waals surface area contributed by atoms with Crippen LogP contribution >= 0.6 is 12.6 Å². The summed E-state index contributed by atoms with van der Waals surface area (Å²) in [6, 6.07) is 2.65. The average molecular weight is 284 g/mol. The van der Waals surface area contributed by atoms with Crippen molar-refractivity contribution in [2.45, 2.75) is 24.8 Å². The van der Waals surface area contributed by atoms with Crippen LogP contribution in [0.25, 0.3) is 0 Å². The summed E-state index contributed by atoms with van der Waals surface area (Å²) >= 11 is 3.80. The number of thiol groups is 1. The number of rotatable bonds is 4. The summed E-state index contributed by atoms with van der Waals surface area (Å²) in [5.74, 6) is -1.29. The van der Waals surface area contributed by atoms with Crippen LogP contribution in [0.3, 0.4) is 0 Å². The van der Waals surface area contributed by atoms with Crippen LogP contribution in [-0.2, 0) is 6.18 Å². The van der Waals surface area contributed by atoms with Crippen LogP contribution < -0.4 is 0 Å². The van der Waals surface area contributed by atoms with E-state index in [-0.39, 0.29) is 12.2 Å². The molecule has 1 aromatic carbocycles. The van der Waals surface area contributed by atoms with E-state index in [1.54, 1.807) is 0 Å². The largest absolute Gasteiger partial charge is 0.419 e. The van der Waals surface area contributed by atoms with E-state index < -0.39 is 35.3 Å². The Balaban J connectivity index is 3.20. The Labute approximate surface area is 107 Å². The Morgan fingerprint density at radius 3 is 2.33 bits per heavy atom. The maximum atomic E-state index is 13.2. The first-order valence-electron chi connectivity index (χ1n) is 5.11. The minimum Gasteiger partial charge on any atom is -0.390 e. The number of halogens is 4. The Kier molecular flexibility index (Phi) is 5.01. The molecule has 2 nitrogen and oxygen atoms in total. The minimum atomic E-state index is -4.93. The van der Waals surface area contributed by atoms with Gasteiger partial charge in [-0.15, -0.1) is 0 Å². The van der Waals surface area contributed by atoms with Crippen LogP contribution in [0.5, 0.6) is 0 Å². The third kappa shape index (κ3) is 3.37. The van der Waals surface area contributed by atoms with E-state index in [2.05, 4.69) is 12.6 Å². The summed E-state index contributed by atoms with van der Waals surface area (Å²) < 4.78 is 51.2. The molecule has 1 aromatic rings. The van der Waals surface area contributed by atoms with Crippen molar-refractivity contribution in [2.24, 2.45) is 0 Å². The summed E-state index contributed by atoms with van der Waals surface area (Å²) in [5, 5.41) is 19.1. The molecule has 0 radical (unpaired) electrons. The normalized spacial score (nSPS) is 15.5. The quantitative estimate of drug-likeness (QED) is 0.587. The van der Waals surface area contributed by atoms with Crippen LogP contribution in [-0.4, -0.2) is 22.1 Å². The number of aliphatic hydroxyl groups excluding tert-OH is 2. The molecule has 0 fully saturated rings. The summed E-state index contributed by atoms with van der Waals surface area (Å²) in [7, 11) is 0. The molecule has 0 heterocycles. The molecule has 0 aromatic heterocycles. The smallest absolute Gasteiger partial charge is 0.390 e. The summed E-state index contributed by atoms with van der Waals surface area (Å²) in [4.78, 5) is 0. The SMILES string of the molecule is OC(CCS)C(O)c1cccc(F)c1C(F)(F)F. The van der Waals surface area contributed by atoms with Gasteiger partial charge in [0.25, 0.3) is 0 Å². The lowest BCUT2D eigenvalue weighted by molar-refractivity contribution is -0.142. The van der Waals surface area contributed by atoms with Gasteiger partial charge < -0.3 is 10.2 Å². The van der Waals surface area contributed by atoms with E-state index in [1.807, 2.05) is 0 Å². The van der Waals surface area contributed by atoms with Crippen molar-refractivity contribution in [1.82, 2.24) is 0 Å². The number of aliphatic hydroxyl groups is 2. The molecule has 0 saturated carbocycles. The van der Waals surface area contributed by atoms with Gasteiger partial charge in [0.05, 0.1) is 11.7 Å². The molecule has 7 heteroatoms. The molecule has 1 rings (SSSR count). The second kappa shape index (κ2) is 5.90. The van der Waals surface area contributed by atoms with Crippen molar-refractivity contribution in [3.63, 3.8) is 0 Å². The van der Waals surface area contributed by atoms with Gasteiger partial charge in [0.2, 0.25) is 0 Å². The van der Waals surface area contributed by atoms with Crippen molar-refractivity contribution in [1.29, 1.82) is 0 Å². The van der Waals surface area contributed by atoms with E-state index in [1.165, 1.54) is 0 Å². The molecule has 0 saturated heterocycles. The van der Waals surface area contributed by atoms with E-state index in [0.717, 1.165) is 12.1 Å². The van der Waals surface area contributed by atoms with Gasteiger partial charge in [-0.05, 0) is 23.8 Å². The topological polar surface area (TPSA) is 40.5 Å². The van der Waals surface area contributed by atoms with E-state index >= 15 is 0 Å². The lowest BCUT2D eigenvalue weighted by atomic mass is 9.96. The first kappa shape index (κ1) is 15.3. The predicted octanol–water partition coefficient (Wildman–Crippen LogP) is 2.56. The van der Waals surface area contributed by atoms with Gasteiger partial charge in [-0.3, -0.25) is 0 Å². The van der Waals surface area contributed by atoms with E-state index in [4.69, 9.17) is 0 Å². The highest BCUT2D eigenvalue weighted by Gasteiger charge is 2.39. The van der Waals surface area contributed by atoms with Crippen LogP contribution in [0, 0.1) is 5.82 Å². The highest BCUT2D eigenvalue weighted by molar-refractivity contribution is 7.80. The van der Waals surface area contributed by atoms with Gasteiger partial charge in [-0.2, -0.15) is 25.8 Å². The minimum absolute atomic E-state index is 0.00190. The predicted molar refractivity (Wildman–Crippen MR) is 60.8 cm³/mol. The summed E-state index contributed by atoms with van der Waals surface area (Å²) in [6.07, 6.45) is -8.16. The fourth-order valence-electron chi connectivity index (χ4n) is 1.58. The first-order valence-corrected chi connectivity index (χ1v) is 5.75. The van der Waals surface area contributed by atoms with E-state index in [0.29, 0.717) is 6.07 Å². The molecule has 0 spiro atoms. The zero-order chi connectivity index (χ0) is 13.9. The van der Waals surface area contributed by atoms with Crippen LogP contribution in [0.1, 0.15) is 23.7 Å². The van der Waals surface area contributed by atoms with Crippen LogP contribution in [0.15, 0.2) is 18.2 Å². The number of hydrogen-bond donors (Lipinski definition) is 3. The monoisotopic (exact) mass is 284 g/mol. The zero-order valence-corrected chi connectivity index (χ0v) is 10.0. The first-order chi connectivity index (χ1) is 8.29. The average Bonchev–Trinajstić information content (AvgIpc) is 2.26. The molecule has 0 aliphatic rings. The standard InChI is InChI=1S/C11H12F4O2S/c12-7-3-1-2-6(9(7)11(13,14)15)10(17)8(16)4-5-18/h1-3,8,10,16-18H,4-5H2. The number of hydrogen-bond acceptors (Lipinski definition) is 3. The number of benzene rings is 1. The van der Waals surface area contributed by atoms with Crippen molar-refractivity contribution in [3.05, 3.63) is 35.1 Å². The lowest BCUT2D eigenvalue weighted by Gasteiger charge is -2.21. The van der Waals surface area contributed by atoms with Gasteiger partial charge >= 0.3 is 6.18 Å². The molecule has 0 aliphatic carbocycles. The fraction of sp³-hybridized carbons (Fsp3) is 0.455. The van der Waals surface area contributed by atoms with E-state index in [9.17, 15) is 27.8 Å². The Morgan fingerprint density at radius 1 is 1.22 bits per heavy atom. The van der Waals surface area contributed by atoms with Gasteiger partial charge in [0.1, 0.15) is 11.9 Å². The lowest BCUT2D eigenvalue weighted by Crippen LogP contribution is -2.23. The van der Waals surface area contributed by atoms with Crippen molar-refractivity contribution < 1.29 is 27.8 Å². The zero-order valence-electron chi connectivity index (χ0n) is 9.15. The molecular weight excluding hydrogens is 272 g/mol. The maximum Gasteiger partial charge on any atom is 0.419 e. The van der Waals surface area contributed by atoms with Gasteiger partial charge in [-0.1, -0.05) is 12.1 Å². The molecule has 102 valence electrons. The Morgan fingerprint density at radius 2 is 1.83 bits per heavy atom. The van der Waals surface area contributed by atoms with Crippen LogP contribution in [0.2, 0.25) is 0 Å². The van der Waals surface area contributed by atoms with Gasteiger partial charge in [-0.25, -0.2) is 4.39 Å². The maximum absolute atomic E-state index is 13.2. The summed E-state index contributed by atoms with van der Waals surface area (Å²) in [6.45, 7) is 0. The Bertz CT molecular complexity index is 409. The van der Waals surface area contributed by atoms with Crippen molar-refractivity contribution in [2.75, 3.05) is 5.75 Å². The van der Waals surface area contributed by atoms with Gasteiger partial charge in [0, 0.05) is 0 Å². The van der Waals surface area contributed by atoms with Crippen molar-refractivity contribution >= 4 is 12.6 Å². The molecule has 2 atom stereocenters. The molecule has 2 unspecified atom stereocenters. The molecule has 2 N–H and O–H groups in total. The third-order valence-electron chi connectivity index (χ3n) is 2.44. The van der Waals surface area contributed by atoms with Gasteiger partial charge in [0.15, 0.2) is 0 Å². The second-order valence-electron chi connectivity index (χ2n) is 3.73. The molecule has 0 bridgehead atoms. The highest BCUT2D eigenvalue weighted by Crippen LogP contribution is 2.37. The number of alkyl halides is 3. The Hall–Kier alpha value is -0.790. The molecule has 18 heavy (non-hydrogen) atoms. The fourth-order valence-corrected chi connectivity index (χ4v) is 1.85. The van der Waals surface area contributed by atoms with Crippen molar-refractivity contribution in [3.8, 4) is 0 Å². The molecule has 0 amide bonds. The van der Waals surface area contributed by atoms with Crippen LogP contribution in [0.4, 0.5) is 17.6 Å². The summed E-state index contributed by atoms with van der Waals surface area (Å²) in [5.41, 5.74) is -2.22. The third-order valence-corrected chi connectivity index (χ3v) is 2.70. The highest BCUT2D eigenvalue weighted by atomic mass is 32.1. The molecular formula is C11H12F4O2S. The second-order valence-corrected chi connectivity index (χ2v) is 4.17.